The minimum absolute atomic E-state index is 0.504. The van der Waals surface area contributed by atoms with Gasteiger partial charge in [-0.25, -0.2) is 14.2 Å². The molecule has 0 heterocycles. The lowest BCUT2D eigenvalue weighted by atomic mass is 10.2. The SMILES string of the molecule is CCCCCCOOCF. The molecule has 0 bridgehead atoms. The molecule has 0 saturated heterocycles. The van der Waals surface area contributed by atoms with Crippen molar-refractivity contribution in [3.8, 4) is 0 Å². The van der Waals surface area contributed by atoms with Gasteiger partial charge in [-0.2, -0.15) is 0 Å². The Balaban J connectivity index is 2.65. The van der Waals surface area contributed by atoms with Crippen molar-refractivity contribution in [1.82, 2.24) is 0 Å². The van der Waals surface area contributed by atoms with Crippen LogP contribution in [-0.2, 0) is 9.78 Å². The van der Waals surface area contributed by atoms with Crippen molar-refractivity contribution in [2.24, 2.45) is 0 Å². The quantitative estimate of drug-likeness (QED) is 0.315. The molecular formula is C7H15FO2. The Hall–Kier alpha value is -0.150. The van der Waals surface area contributed by atoms with Crippen LogP contribution in [0.4, 0.5) is 4.39 Å². The molecule has 10 heavy (non-hydrogen) atoms. The van der Waals surface area contributed by atoms with E-state index in [2.05, 4.69) is 16.7 Å². The first-order valence-corrected chi connectivity index (χ1v) is 3.72. The Morgan fingerprint density at radius 2 is 1.90 bits per heavy atom. The third kappa shape index (κ3) is 7.85. The predicted molar refractivity (Wildman–Crippen MR) is 37.2 cm³/mol. The Kier molecular flexibility index (Phi) is 8.72. The van der Waals surface area contributed by atoms with Crippen LogP contribution in [0.1, 0.15) is 32.6 Å². The van der Waals surface area contributed by atoms with Crippen molar-refractivity contribution in [2.45, 2.75) is 32.6 Å². The fourth-order valence-electron chi connectivity index (χ4n) is 0.678. The molecule has 0 radical (unpaired) electrons. The number of alkyl halides is 1. The summed E-state index contributed by atoms with van der Waals surface area (Å²) in [6.45, 7) is 1.79. The first-order valence-electron chi connectivity index (χ1n) is 3.72. The topological polar surface area (TPSA) is 18.5 Å². The second kappa shape index (κ2) is 8.85. The van der Waals surface area contributed by atoms with Crippen molar-refractivity contribution >= 4 is 0 Å². The van der Waals surface area contributed by atoms with Gasteiger partial charge in [-0.1, -0.05) is 26.2 Å². The summed E-state index contributed by atoms with van der Waals surface area (Å²) in [5, 5.41) is 0. The number of hydrogen-bond donors (Lipinski definition) is 0. The summed E-state index contributed by atoms with van der Waals surface area (Å²) < 4.78 is 11.2. The molecule has 0 aliphatic heterocycles. The lowest BCUT2D eigenvalue weighted by Gasteiger charge is -1.98. The van der Waals surface area contributed by atoms with E-state index in [-0.39, 0.29) is 0 Å². The van der Waals surface area contributed by atoms with Crippen LogP contribution in [0.3, 0.4) is 0 Å². The number of halogens is 1. The zero-order valence-electron chi connectivity index (χ0n) is 6.44. The number of rotatable bonds is 7. The van der Waals surface area contributed by atoms with Crippen molar-refractivity contribution < 1.29 is 14.2 Å². The second-order valence-electron chi connectivity index (χ2n) is 2.11. The summed E-state index contributed by atoms with van der Waals surface area (Å²) in [4.78, 5) is 8.50. The van der Waals surface area contributed by atoms with Gasteiger partial charge in [-0.3, -0.25) is 0 Å². The molecule has 3 heteroatoms. The molecule has 0 saturated carbocycles. The monoisotopic (exact) mass is 150 g/mol. The summed E-state index contributed by atoms with van der Waals surface area (Å²) in [5.74, 6) is 0. The minimum atomic E-state index is -0.853. The lowest BCUT2D eigenvalue weighted by molar-refractivity contribution is -0.315. The van der Waals surface area contributed by atoms with Gasteiger partial charge in [0.25, 0.3) is 0 Å². The molecule has 0 fully saturated rings. The molecule has 0 atom stereocenters. The van der Waals surface area contributed by atoms with Gasteiger partial charge in [0.2, 0.25) is 6.86 Å². The fraction of sp³-hybridized carbons (Fsp3) is 1.00. The van der Waals surface area contributed by atoms with Crippen LogP contribution in [0.15, 0.2) is 0 Å². The maximum atomic E-state index is 11.2. The molecule has 0 aliphatic carbocycles. The summed E-state index contributed by atoms with van der Waals surface area (Å²) in [5.41, 5.74) is 0. The third-order valence-electron chi connectivity index (χ3n) is 1.21. The largest absolute Gasteiger partial charge is 0.234 e. The molecule has 0 spiro atoms. The molecule has 62 valence electrons. The fourth-order valence-corrected chi connectivity index (χ4v) is 0.678. The van der Waals surface area contributed by atoms with E-state index in [0.717, 1.165) is 12.8 Å². The van der Waals surface area contributed by atoms with Gasteiger partial charge >= 0.3 is 0 Å². The summed E-state index contributed by atoms with van der Waals surface area (Å²) in [6.07, 6.45) is 4.49. The van der Waals surface area contributed by atoms with Crippen LogP contribution in [0.2, 0.25) is 0 Å². The van der Waals surface area contributed by atoms with E-state index in [1.54, 1.807) is 0 Å². The van der Waals surface area contributed by atoms with E-state index >= 15 is 0 Å². The second-order valence-corrected chi connectivity index (χ2v) is 2.11. The van der Waals surface area contributed by atoms with E-state index in [1.807, 2.05) is 0 Å². The highest BCUT2D eigenvalue weighted by molar-refractivity contribution is 4.36. The van der Waals surface area contributed by atoms with Crippen molar-refractivity contribution in [2.75, 3.05) is 13.5 Å². The van der Waals surface area contributed by atoms with Gasteiger partial charge in [-0.15, -0.1) is 0 Å². The molecule has 0 N–H and O–H groups in total. The highest BCUT2D eigenvalue weighted by atomic mass is 19.1. The third-order valence-corrected chi connectivity index (χ3v) is 1.21. The highest BCUT2D eigenvalue weighted by Gasteiger charge is 1.88. The number of hydrogen-bond acceptors (Lipinski definition) is 2. The average Bonchev–Trinajstić information content (AvgIpc) is 1.97. The van der Waals surface area contributed by atoms with Gasteiger partial charge in [0.05, 0.1) is 6.61 Å². The molecule has 2 nitrogen and oxygen atoms in total. The molecule has 0 aromatic heterocycles. The summed E-state index contributed by atoms with van der Waals surface area (Å²) in [6, 6.07) is 0. The van der Waals surface area contributed by atoms with E-state index < -0.39 is 6.86 Å². The highest BCUT2D eigenvalue weighted by Crippen LogP contribution is 1.98. The van der Waals surface area contributed by atoms with Crippen molar-refractivity contribution in [3.63, 3.8) is 0 Å². The first kappa shape index (κ1) is 9.85. The van der Waals surface area contributed by atoms with Crippen molar-refractivity contribution in [1.29, 1.82) is 0 Å². The van der Waals surface area contributed by atoms with E-state index in [0.29, 0.717) is 6.61 Å². The van der Waals surface area contributed by atoms with Gasteiger partial charge in [0, 0.05) is 0 Å². The molecule has 0 unspecified atom stereocenters. The Morgan fingerprint density at radius 3 is 2.50 bits per heavy atom. The van der Waals surface area contributed by atoms with Crippen LogP contribution in [0, 0.1) is 0 Å². The molecule has 0 rings (SSSR count). The van der Waals surface area contributed by atoms with Crippen LogP contribution in [0.25, 0.3) is 0 Å². The first-order chi connectivity index (χ1) is 4.91. The molecule has 0 amide bonds. The lowest BCUT2D eigenvalue weighted by Crippen LogP contribution is -1.94. The molecular weight excluding hydrogens is 135 g/mol. The van der Waals surface area contributed by atoms with Crippen LogP contribution in [-0.4, -0.2) is 13.5 Å². The maximum Gasteiger partial charge on any atom is 0.221 e. The zero-order valence-corrected chi connectivity index (χ0v) is 6.44. The summed E-state index contributed by atoms with van der Waals surface area (Å²) in [7, 11) is 0. The normalized spacial score (nSPS) is 10.2. The minimum Gasteiger partial charge on any atom is -0.234 e. The predicted octanol–water partition coefficient (Wildman–Crippen LogP) is 2.44. The van der Waals surface area contributed by atoms with Gasteiger partial charge in [0.15, 0.2) is 0 Å². The Labute approximate surface area is 61.3 Å². The Bertz CT molecular complexity index is 51.6. The van der Waals surface area contributed by atoms with Crippen LogP contribution >= 0.6 is 0 Å². The van der Waals surface area contributed by atoms with E-state index in [4.69, 9.17) is 0 Å². The standard InChI is InChI=1S/C7H15FO2/c1-2-3-4-5-6-9-10-7-8/h2-7H2,1H3. The van der Waals surface area contributed by atoms with Crippen molar-refractivity contribution in [3.05, 3.63) is 0 Å². The zero-order chi connectivity index (χ0) is 7.66. The van der Waals surface area contributed by atoms with Gasteiger partial charge < -0.3 is 0 Å². The van der Waals surface area contributed by atoms with Crippen LogP contribution < -0.4 is 0 Å². The van der Waals surface area contributed by atoms with E-state index in [9.17, 15) is 4.39 Å². The Morgan fingerprint density at radius 1 is 1.10 bits per heavy atom. The number of unbranched alkanes of at least 4 members (excludes halogenated alkanes) is 3. The summed E-state index contributed by atoms with van der Waals surface area (Å²) >= 11 is 0. The molecule has 0 aromatic carbocycles. The molecule has 0 aromatic rings. The smallest absolute Gasteiger partial charge is 0.221 e. The average molecular weight is 150 g/mol. The van der Waals surface area contributed by atoms with E-state index in [1.165, 1.54) is 12.8 Å². The van der Waals surface area contributed by atoms with Crippen LogP contribution in [0.5, 0.6) is 0 Å². The van der Waals surface area contributed by atoms with Gasteiger partial charge in [-0.05, 0) is 6.42 Å². The maximum absolute atomic E-state index is 11.2. The van der Waals surface area contributed by atoms with Gasteiger partial charge in [0.1, 0.15) is 0 Å². The molecule has 0 aliphatic rings.